The van der Waals surface area contributed by atoms with E-state index in [2.05, 4.69) is 10.2 Å². The average Bonchev–Trinajstić information content (AvgIpc) is 3.00. The number of aromatic nitrogens is 2. The second kappa shape index (κ2) is 6.79. The highest BCUT2D eigenvalue weighted by Crippen LogP contribution is 2.21. The summed E-state index contributed by atoms with van der Waals surface area (Å²) in [5.41, 5.74) is 1.01. The van der Waals surface area contributed by atoms with Crippen molar-refractivity contribution < 1.29 is 13.2 Å². The van der Waals surface area contributed by atoms with E-state index in [1.807, 2.05) is 35.2 Å². The van der Waals surface area contributed by atoms with Crippen LogP contribution in [0.1, 0.15) is 16.9 Å². The predicted octanol–water partition coefficient (Wildman–Crippen LogP) is 1.38. The third-order valence-electron chi connectivity index (χ3n) is 4.44. The first-order valence-corrected chi connectivity index (χ1v) is 9.79. The monoisotopic (exact) mass is 360 g/mol. The van der Waals surface area contributed by atoms with Crippen molar-refractivity contribution in [1.82, 2.24) is 10.2 Å². The number of benzene rings is 1. The minimum atomic E-state index is -2.96. The Balaban J connectivity index is 1.73. The van der Waals surface area contributed by atoms with Gasteiger partial charge in [0.25, 0.3) is 5.91 Å². The first-order valence-electron chi connectivity index (χ1n) is 7.97. The zero-order valence-electron chi connectivity index (χ0n) is 14.2. The number of hydrogen-bond donors (Lipinski definition) is 0. The van der Waals surface area contributed by atoms with Gasteiger partial charge in [-0.15, -0.1) is 10.2 Å². The Morgan fingerprint density at radius 3 is 2.36 bits per heavy atom. The Morgan fingerprint density at radius 1 is 1.08 bits per heavy atom. The fraction of sp³-hybridized carbons (Fsp3) is 0.353. The fourth-order valence-electron chi connectivity index (χ4n) is 2.84. The fourth-order valence-corrected chi connectivity index (χ4v) is 4.61. The zero-order valence-corrected chi connectivity index (χ0v) is 15.0. The summed E-state index contributed by atoms with van der Waals surface area (Å²) in [6.45, 7) is 0. The Bertz CT molecular complexity index is 853. The van der Waals surface area contributed by atoms with E-state index < -0.39 is 9.84 Å². The summed E-state index contributed by atoms with van der Waals surface area (Å²) in [5, 5.41) is 8.12. The van der Waals surface area contributed by atoms with Crippen LogP contribution in [0.2, 0.25) is 0 Å². The molecule has 0 radical (unpaired) electrons. The maximum atomic E-state index is 12.5. The molecule has 1 amide bonds. The van der Waals surface area contributed by atoms with E-state index in [0.29, 0.717) is 12.2 Å². The maximum absolute atomic E-state index is 12.5. The number of rotatable bonds is 4. The smallest absolute Gasteiger partial charge is 0.278 e. The van der Waals surface area contributed by atoms with Gasteiger partial charge in [0.1, 0.15) is 0 Å². The van der Waals surface area contributed by atoms with Crippen molar-refractivity contribution in [2.45, 2.75) is 12.5 Å². The summed E-state index contributed by atoms with van der Waals surface area (Å²) in [6, 6.07) is 12.5. The van der Waals surface area contributed by atoms with Gasteiger partial charge >= 0.3 is 0 Å². The Labute approximate surface area is 147 Å². The van der Waals surface area contributed by atoms with E-state index in [9.17, 15) is 13.2 Å². The summed E-state index contributed by atoms with van der Waals surface area (Å²) in [7, 11) is 0.519. The van der Waals surface area contributed by atoms with Crippen LogP contribution in [0.5, 0.6) is 0 Å². The largest absolute Gasteiger partial charge is 0.354 e. The molecule has 132 valence electrons. The van der Waals surface area contributed by atoms with Crippen LogP contribution in [0.15, 0.2) is 42.5 Å². The van der Waals surface area contributed by atoms with Gasteiger partial charge in [-0.1, -0.05) is 18.2 Å². The molecule has 3 rings (SSSR count). The number of hydrogen-bond acceptors (Lipinski definition) is 6. The van der Waals surface area contributed by atoms with E-state index in [0.717, 1.165) is 5.69 Å². The number of para-hydroxylation sites is 1. The summed E-state index contributed by atoms with van der Waals surface area (Å²) in [6.07, 6.45) is 0.581. The summed E-state index contributed by atoms with van der Waals surface area (Å²) >= 11 is 0. The van der Waals surface area contributed by atoms with Crippen LogP contribution in [0, 0.1) is 0 Å². The van der Waals surface area contributed by atoms with Crippen molar-refractivity contribution >= 4 is 27.2 Å². The molecule has 2 aromatic rings. The number of carbonyl (C=O) groups is 1. The molecule has 1 aromatic heterocycles. The van der Waals surface area contributed by atoms with Gasteiger partial charge in [-0.2, -0.15) is 0 Å². The molecular formula is C17H20N4O3S. The molecule has 1 fully saturated rings. The van der Waals surface area contributed by atoms with E-state index in [-0.39, 0.29) is 29.1 Å². The molecule has 1 saturated heterocycles. The van der Waals surface area contributed by atoms with E-state index in [1.165, 1.54) is 4.90 Å². The minimum Gasteiger partial charge on any atom is -0.354 e. The lowest BCUT2D eigenvalue weighted by Gasteiger charge is -2.24. The first kappa shape index (κ1) is 17.3. The van der Waals surface area contributed by atoms with Crippen molar-refractivity contribution in [3.8, 4) is 0 Å². The molecule has 1 unspecified atom stereocenters. The number of nitrogens with zero attached hydrogens (tertiary/aromatic N) is 4. The van der Waals surface area contributed by atoms with Crippen LogP contribution in [0.4, 0.5) is 11.5 Å². The lowest BCUT2D eigenvalue weighted by Crippen LogP contribution is -2.33. The van der Waals surface area contributed by atoms with Crippen LogP contribution < -0.4 is 9.80 Å². The highest BCUT2D eigenvalue weighted by atomic mass is 32.2. The number of anilines is 2. The Morgan fingerprint density at radius 2 is 1.80 bits per heavy atom. The van der Waals surface area contributed by atoms with Crippen LogP contribution >= 0.6 is 0 Å². The standard InChI is InChI=1S/C17H20N4O3S/c1-20(14-10-11-25(23,24)12-14)16-9-8-15(18-19-16)17(22)21(2)13-6-4-3-5-7-13/h3-9,14H,10-12H2,1-2H3. The van der Waals surface area contributed by atoms with Gasteiger partial charge in [0, 0.05) is 25.8 Å². The molecule has 2 heterocycles. The Hall–Kier alpha value is -2.48. The van der Waals surface area contributed by atoms with Crippen molar-refractivity contribution in [2.24, 2.45) is 0 Å². The van der Waals surface area contributed by atoms with Gasteiger partial charge in [0.05, 0.1) is 11.5 Å². The van der Waals surface area contributed by atoms with Crippen LogP contribution in [0.3, 0.4) is 0 Å². The molecule has 0 N–H and O–H groups in total. The number of sulfone groups is 1. The van der Waals surface area contributed by atoms with Crippen molar-refractivity contribution in [3.63, 3.8) is 0 Å². The molecule has 1 aliphatic rings. The van der Waals surface area contributed by atoms with Crippen LogP contribution in [-0.2, 0) is 9.84 Å². The minimum absolute atomic E-state index is 0.104. The number of carbonyl (C=O) groups excluding carboxylic acids is 1. The summed E-state index contributed by atoms with van der Waals surface area (Å²) < 4.78 is 23.2. The first-order chi connectivity index (χ1) is 11.9. The molecule has 1 aliphatic heterocycles. The molecule has 0 spiro atoms. The quantitative estimate of drug-likeness (QED) is 0.819. The molecule has 7 nitrogen and oxygen atoms in total. The molecule has 0 bridgehead atoms. The molecule has 8 heteroatoms. The van der Waals surface area contributed by atoms with E-state index >= 15 is 0 Å². The van der Waals surface area contributed by atoms with Crippen molar-refractivity contribution in [3.05, 3.63) is 48.2 Å². The van der Waals surface area contributed by atoms with Gasteiger partial charge in [-0.25, -0.2) is 8.42 Å². The zero-order chi connectivity index (χ0) is 18.0. The third kappa shape index (κ3) is 3.79. The molecule has 0 aliphatic carbocycles. The molecule has 0 saturated carbocycles. The summed E-state index contributed by atoms with van der Waals surface area (Å²) in [4.78, 5) is 15.8. The Kier molecular flexibility index (Phi) is 4.71. The predicted molar refractivity (Wildman–Crippen MR) is 96.7 cm³/mol. The summed E-state index contributed by atoms with van der Waals surface area (Å²) in [5.74, 6) is 0.633. The van der Waals surface area contributed by atoms with Gasteiger partial charge in [-0.05, 0) is 30.7 Å². The van der Waals surface area contributed by atoms with Gasteiger partial charge in [0.2, 0.25) is 0 Å². The second-order valence-corrected chi connectivity index (χ2v) is 8.37. The average molecular weight is 360 g/mol. The van der Waals surface area contributed by atoms with Crippen LogP contribution in [-0.4, -0.2) is 56.2 Å². The second-order valence-electron chi connectivity index (χ2n) is 6.14. The van der Waals surface area contributed by atoms with Gasteiger partial charge in [0.15, 0.2) is 21.3 Å². The van der Waals surface area contributed by atoms with Gasteiger partial charge < -0.3 is 9.80 Å². The normalized spacial score (nSPS) is 18.7. The lowest BCUT2D eigenvalue weighted by molar-refractivity contribution is 0.0987. The maximum Gasteiger partial charge on any atom is 0.278 e. The molecular weight excluding hydrogens is 340 g/mol. The van der Waals surface area contributed by atoms with E-state index in [1.54, 1.807) is 26.2 Å². The number of amides is 1. The highest BCUT2D eigenvalue weighted by molar-refractivity contribution is 7.91. The van der Waals surface area contributed by atoms with Crippen molar-refractivity contribution in [2.75, 3.05) is 35.4 Å². The van der Waals surface area contributed by atoms with Crippen molar-refractivity contribution in [1.29, 1.82) is 0 Å². The van der Waals surface area contributed by atoms with E-state index in [4.69, 9.17) is 0 Å². The van der Waals surface area contributed by atoms with Gasteiger partial charge in [-0.3, -0.25) is 4.79 Å². The highest BCUT2D eigenvalue weighted by Gasteiger charge is 2.31. The molecule has 1 aromatic carbocycles. The molecule has 1 atom stereocenters. The SMILES string of the molecule is CN(C(=O)c1ccc(N(C)C2CCS(=O)(=O)C2)nn1)c1ccccc1. The topological polar surface area (TPSA) is 83.5 Å². The lowest BCUT2D eigenvalue weighted by atomic mass is 10.2. The third-order valence-corrected chi connectivity index (χ3v) is 6.19. The molecule has 25 heavy (non-hydrogen) atoms. The van der Waals surface area contributed by atoms with Crippen LogP contribution in [0.25, 0.3) is 0 Å².